The summed E-state index contributed by atoms with van der Waals surface area (Å²) in [5.41, 5.74) is 3.84. The Bertz CT molecular complexity index is 1640. The molecule has 2 aliphatic rings. The van der Waals surface area contributed by atoms with Gasteiger partial charge in [0.1, 0.15) is 0 Å². The molecule has 6 nitrogen and oxygen atoms in total. The first-order chi connectivity index (χ1) is 19.1. The lowest BCUT2D eigenvalue weighted by atomic mass is 9.75. The minimum absolute atomic E-state index is 0.00250. The summed E-state index contributed by atoms with van der Waals surface area (Å²) in [7, 11) is 0. The number of rotatable bonds is 6. The van der Waals surface area contributed by atoms with E-state index < -0.39 is 17.3 Å². The van der Waals surface area contributed by atoms with Crippen molar-refractivity contribution >= 4 is 22.4 Å². The molecule has 2 atom stereocenters. The molecule has 9 heteroatoms. The van der Waals surface area contributed by atoms with Crippen molar-refractivity contribution in [3.05, 3.63) is 94.4 Å². The van der Waals surface area contributed by atoms with Gasteiger partial charge < -0.3 is 5.11 Å². The molecule has 3 heterocycles. The fourth-order valence-electron chi connectivity index (χ4n) is 6.08. The van der Waals surface area contributed by atoms with Gasteiger partial charge in [0.25, 0.3) is 0 Å². The lowest BCUT2D eigenvalue weighted by molar-refractivity contribution is -0.137. The minimum Gasteiger partial charge on any atom is -0.388 e. The molecule has 4 aromatic rings. The number of nitrogens with zero attached hydrogens (tertiary/aromatic N) is 4. The Morgan fingerprint density at radius 2 is 2.00 bits per heavy atom. The Balaban J connectivity index is 1.15. The maximum absolute atomic E-state index is 13.4. The normalized spacial score (nSPS) is 20.9. The van der Waals surface area contributed by atoms with Crippen molar-refractivity contribution in [2.45, 2.75) is 63.9 Å². The van der Waals surface area contributed by atoms with Crippen molar-refractivity contribution < 1.29 is 23.1 Å². The number of Topliss-reactive ketones (excluding diaryl/α,β-unsaturated/α-hetero) is 1. The highest BCUT2D eigenvalue weighted by Crippen LogP contribution is 2.37. The predicted octanol–water partition coefficient (Wildman–Crippen LogP) is 6.30. The van der Waals surface area contributed by atoms with Gasteiger partial charge in [-0.05, 0) is 68.0 Å². The summed E-state index contributed by atoms with van der Waals surface area (Å²) in [6.45, 7) is 2.68. The molecular formula is C31H29F3N4O2. The van der Waals surface area contributed by atoms with Crippen LogP contribution < -0.4 is 0 Å². The van der Waals surface area contributed by atoms with Gasteiger partial charge in [-0.2, -0.15) is 18.3 Å². The number of carbonyl (C=O) groups excluding carboxylic acids is 1. The Labute approximate surface area is 229 Å². The third-order valence-corrected chi connectivity index (χ3v) is 8.00. The van der Waals surface area contributed by atoms with E-state index in [9.17, 15) is 23.1 Å². The largest absolute Gasteiger partial charge is 0.416 e. The van der Waals surface area contributed by atoms with E-state index in [4.69, 9.17) is 4.99 Å². The number of benzene rings is 2. The van der Waals surface area contributed by atoms with Gasteiger partial charge in [0.15, 0.2) is 5.78 Å². The van der Waals surface area contributed by atoms with E-state index in [0.717, 1.165) is 53.1 Å². The molecule has 206 valence electrons. The van der Waals surface area contributed by atoms with Crippen LogP contribution in [0.4, 0.5) is 13.2 Å². The smallest absolute Gasteiger partial charge is 0.388 e. The summed E-state index contributed by atoms with van der Waals surface area (Å²) in [6, 6.07) is 13.1. The third-order valence-electron chi connectivity index (χ3n) is 8.00. The SMILES string of the molecule is Cc1cc(C2=NCc3ccc(C(=O)C[C@H]4CCC[C@@](O)(Cn5cc6ccc(C(F)(F)F)cc6n5)C4)cc32)ccn1. The fraction of sp³-hybridized carbons (Fsp3) is 0.355. The van der Waals surface area contributed by atoms with Gasteiger partial charge in [0.05, 0.1) is 35.5 Å². The van der Waals surface area contributed by atoms with E-state index in [-0.39, 0.29) is 23.8 Å². The molecule has 0 amide bonds. The number of aliphatic imine (C=N–C) groups is 1. The van der Waals surface area contributed by atoms with E-state index in [1.807, 2.05) is 37.3 Å². The molecule has 0 saturated heterocycles. The van der Waals surface area contributed by atoms with Crippen molar-refractivity contribution in [2.24, 2.45) is 10.9 Å². The maximum atomic E-state index is 13.4. The number of alkyl halides is 3. The summed E-state index contributed by atoms with van der Waals surface area (Å²) < 4.78 is 40.8. The fourth-order valence-corrected chi connectivity index (χ4v) is 6.08. The first-order valence-corrected chi connectivity index (χ1v) is 13.5. The molecule has 40 heavy (non-hydrogen) atoms. The monoisotopic (exact) mass is 546 g/mol. The van der Waals surface area contributed by atoms with Gasteiger partial charge in [0, 0.05) is 46.6 Å². The highest BCUT2D eigenvalue weighted by Gasteiger charge is 2.36. The van der Waals surface area contributed by atoms with Gasteiger partial charge >= 0.3 is 6.18 Å². The van der Waals surface area contributed by atoms with E-state index in [1.54, 1.807) is 12.4 Å². The van der Waals surface area contributed by atoms with Gasteiger partial charge in [-0.3, -0.25) is 19.5 Å². The van der Waals surface area contributed by atoms with Crippen LogP contribution in [-0.4, -0.2) is 37.0 Å². The average Bonchev–Trinajstić information content (AvgIpc) is 3.50. The number of carbonyl (C=O) groups is 1. The number of aryl methyl sites for hydroxylation is 1. The lowest BCUT2D eigenvalue weighted by Crippen LogP contribution is -2.40. The molecule has 2 aromatic carbocycles. The van der Waals surface area contributed by atoms with Crippen molar-refractivity contribution in [1.29, 1.82) is 0 Å². The zero-order valence-corrected chi connectivity index (χ0v) is 22.1. The number of ketones is 1. The highest BCUT2D eigenvalue weighted by molar-refractivity contribution is 6.16. The number of halogens is 3. The maximum Gasteiger partial charge on any atom is 0.416 e. The second kappa shape index (κ2) is 9.96. The molecule has 1 aliphatic carbocycles. The number of aromatic nitrogens is 3. The summed E-state index contributed by atoms with van der Waals surface area (Å²) in [5, 5.41) is 16.3. The van der Waals surface area contributed by atoms with Crippen LogP contribution in [0.25, 0.3) is 10.9 Å². The molecule has 1 aliphatic heterocycles. The van der Waals surface area contributed by atoms with Crippen LogP contribution in [0.1, 0.15) is 70.4 Å². The minimum atomic E-state index is -4.44. The van der Waals surface area contributed by atoms with Crippen LogP contribution in [-0.2, 0) is 19.3 Å². The van der Waals surface area contributed by atoms with Crippen molar-refractivity contribution in [2.75, 3.05) is 0 Å². The first-order valence-electron chi connectivity index (χ1n) is 13.5. The summed E-state index contributed by atoms with van der Waals surface area (Å²) in [5.74, 6) is 0.0241. The molecule has 6 rings (SSSR count). The topological polar surface area (TPSA) is 80.4 Å². The summed E-state index contributed by atoms with van der Waals surface area (Å²) in [4.78, 5) is 22.3. The van der Waals surface area contributed by atoms with Crippen LogP contribution in [0.15, 0.2) is 65.9 Å². The second-order valence-corrected chi connectivity index (χ2v) is 11.1. The molecule has 1 fully saturated rings. The van der Waals surface area contributed by atoms with E-state index >= 15 is 0 Å². The van der Waals surface area contributed by atoms with Crippen LogP contribution >= 0.6 is 0 Å². The highest BCUT2D eigenvalue weighted by atomic mass is 19.4. The first kappa shape index (κ1) is 26.4. The van der Waals surface area contributed by atoms with Crippen molar-refractivity contribution in [3.63, 3.8) is 0 Å². The Morgan fingerprint density at radius 3 is 2.80 bits per heavy atom. The Hall–Kier alpha value is -3.85. The van der Waals surface area contributed by atoms with Crippen molar-refractivity contribution in [3.8, 4) is 0 Å². The number of hydrogen-bond acceptors (Lipinski definition) is 5. The van der Waals surface area contributed by atoms with E-state index in [2.05, 4.69) is 10.1 Å². The van der Waals surface area contributed by atoms with Crippen LogP contribution in [0.3, 0.4) is 0 Å². The molecule has 0 bridgehead atoms. The standard InChI is InChI=1S/C31H29F3N4O2/c1-19-11-22(8-10-35-19)29-26-13-21(4-5-23(26)16-36-29)28(39)12-20-3-2-9-30(40,15-20)18-38-17-24-6-7-25(31(32,33)34)14-27(24)37-38/h4-8,10-11,13-14,17,20,40H,2-3,9,12,15-16,18H2,1H3/t20-,30+/m1/s1. The average molecular weight is 547 g/mol. The molecule has 1 N–H and O–H groups in total. The van der Waals surface area contributed by atoms with Gasteiger partial charge in [0.2, 0.25) is 0 Å². The van der Waals surface area contributed by atoms with E-state index in [0.29, 0.717) is 36.8 Å². The predicted molar refractivity (Wildman–Crippen MR) is 145 cm³/mol. The molecule has 1 saturated carbocycles. The molecule has 0 radical (unpaired) electrons. The van der Waals surface area contributed by atoms with Crippen molar-refractivity contribution in [1.82, 2.24) is 14.8 Å². The molecule has 2 aromatic heterocycles. The molecular weight excluding hydrogens is 517 g/mol. The zero-order valence-electron chi connectivity index (χ0n) is 22.1. The van der Waals surface area contributed by atoms with Gasteiger partial charge in [-0.15, -0.1) is 0 Å². The number of hydrogen-bond donors (Lipinski definition) is 1. The molecule has 0 spiro atoms. The Morgan fingerprint density at radius 1 is 1.15 bits per heavy atom. The summed E-state index contributed by atoms with van der Waals surface area (Å²) in [6.07, 6.45) is 1.87. The zero-order chi connectivity index (χ0) is 28.1. The van der Waals surface area contributed by atoms with E-state index in [1.165, 1.54) is 10.7 Å². The molecule has 0 unspecified atom stereocenters. The number of pyridine rings is 1. The van der Waals surface area contributed by atoms with Crippen LogP contribution in [0.5, 0.6) is 0 Å². The van der Waals surface area contributed by atoms with Crippen LogP contribution in [0.2, 0.25) is 0 Å². The number of aliphatic hydroxyl groups is 1. The van der Waals surface area contributed by atoms with Gasteiger partial charge in [-0.1, -0.05) is 24.6 Å². The summed E-state index contributed by atoms with van der Waals surface area (Å²) >= 11 is 0. The van der Waals surface area contributed by atoms with Crippen LogP contribution in [0, 0.1) is 12.8 Å². The number of fused-ring (bicyclic) bond motifs is 2. The third kappa shape index (κ3) is 5.30. The second-order valence-electron chi connectivity index (χ2n) is 11.1. The lowest BCUT2D eigenvalue weighted by Gasteiger charge is -2.36. The Kier molecular flexibility index (Phi) is 6.57. The quantitative estimate of drug-likeness (QED) is 0.288. The van der Waals surface area contributed by atoms with Gasteiger partial charge in [-0.25, -0.2) is 0 Å².